The van der Waals surface area contributed by atoms with Crippen LogP contribution in [0.15, 0.2) is 0 Å². The molecule has 0 radical (unpaired) electrons. The molecular formula is C9H16N2O3. The number of carbonyl (C=O) groups excluding carboxylic acids is 1. The molecule has 0 bridgehead atoms. The van der Waals surface area contributed by atoms with Gasteiger partial charge in [-0.3, -0.25) is 14.9 Å². The van der Waals surface area contributed by atoms with Crippen LogP contribution in [0.5, 0.6) is 0 Å². The number of nitrogens with zero attached hydrogens (tertiary/aromatic N) is 1. The van der Waals surface area contributed by atoms with Crippen LogP contribution in [-0.4, -0.2) is 47.6 Å². The highest BCUT2D eigenvalue weighted by atomic mass is 16.4. The third kappa shape index (κ3) is 2.99. The molecule has 1 atom stereocenters. The van der Waals surface area contributed by atoms with Gasteiger partial charge in [-0.1, -0.05) is 0 Å². The Morgan fingerprint density at radius 1 is 1.43 bits per heavy atom. The largest absolute Gasteiger partial charge is 0.480 e. The molecule has 1 fully saturated rings. The molecule has 1 unspecified atom stereocenters. The predicted molar refractivity (Wildman–Crippen MR) is 50.9 cm³/mol. The zero-order valence-corrected chi connectivity index (χ0v) is 8.32. The maximum atomic E-state index is 11.6. The number of carboxylic acid groups (broad SMARTS) is 1. The Morgan fingerprint density at radius 3 is 2.50 bits per heavy atom. The molecule has 1 saturated heterocycles. The summed E-state index contributed by atoms with van der Waals surface area (Å²) in [4.78, 5) is 23.7. The molecule has 14 heavy (non-hydrogen) atoms. The minimum absolute atomic E-state index is 0.00347. The van der Waals surface area contributed by atoms with Gasteiger partial charge in [0, 0.05) is 13.1 Å². The zero-order chi connectivity index (χ0) is 10.6. The number of hydrogen-bond donors (Lipinski definition) is 2. The first kappa shape index (κ1) is 11.0. The first-order chi connectivity index (χ1) is 6.61. The Bertz CT molecular complexity index is 224. The van der Waals surface area contributed by atoms with E-state index >= 15 is 0 Å². The second kappa shape index (κ2) is 4.95. The third-order valence-electron chi connectivity index (χ3n) is 2.35. The van der Waals surface area contributed by atoms with E-state index in [9.17, 15) is 9.59 Å². The molecular weight excluding hydrogens is 184 g/mol. The summed E-state index contributed by atoms with van der Waals surface area (Å²) in [5, 5.41) is 11.1. The average molecular weight is 200 g/mol. The fraction of sp³-hybridized carbons (Fsp3) is 0.778. The van der Waals surface area contributed by atoms with E-state index in [2.05, 4.69) is 5.32 Å². The molecule has 0 aromatic carbocycles. The van der Waals surface area contributed by atoms with E-state index < -0.39 is 12.0 Å². The van der Waals surface area contributed by atoms with Crippen molar-refractivity contribution in [1.29, 1.82) is 0 Å². The molecule has 0 saturated carbocycles. The summed E-state index contributed by atoms with van der Waals surface area (Å²) in [6, 6.07) is -0.399. The van der Waals surface area contributed by atoms with E-state index in [1.807, 2.05) is 0 Å². The molecule has 1 aliphatic heterocycles. The number of carbonyl (C=O) groups is 2. The Balaban J connectivity index is 2.31. The van der Waals surface area contributed by atoms with Crippen molar-refractivity contribution in [2.45, 2.75) is 25.8 Å². The van der Waals surface area contributed by atoms with Gasteiger partial charge >= 0.3 is 5.97 Å². The lowest BCUT2D eigenvalue weighted by atomic mass is 10.3. The minimum atomic E-state index is -0.939. The van der Waals surface area contributed by atoms with Crippen LogP contribution >= 0.6 is 0 Å². The molecule has 80 valence electrons. The van der Waals surface area contributed by atoms with Crippen LogP contribution in [0.1, 0.15) is 19.8 Å². The van der Waals surface area contributed by atoms with Crippen LogP contribution in [-0.2, 0) is 9.59 Å². The standard InChI is InChI=1S/C9H16N2O3/c1-7(10-6-8(12)13)9(14)11-4-2-3-5-11/h7,10H,2-6H2,1H3,(H,12,13). The lowest BCUT2D eigenvalue weighted by Crippen LogP contribution is -2.45. The van der Waals surface area contributed by atoms with Crippen LogP contribution in [0.3, 0.4) is 0 Å². The molecule has 0 aromatic rings. The Labute approximate surface area is 83.1 Å². The van der Waals surface area contributed by atoms with Gasteiger partial charge < -0.3 is 10.0 Å². The molecule has 1 amide bonds. The van der Waals surface area contributed by atoms with Crippen LogP contribution < -0.4 is 5.32 Å². The van der Waals surface area contributed by atoms with Gasteiger partial charge in [0.25, 0.3) is 0 Å². The number of carboxylic acids is 1. The zero-order valence-electron chi connectivity index (χ0n) is 8.32. The molecule has 1 heterocycles. The highest BCUT2D eigenvalue weighted by molar-refractivity contribution is 5.82. The maximum absolute atomic E-state index is 11.6. The van der Waals surface area contributed by atoms with Crippen molar-refractivity contribution in [3.63, 3.8) is 0 Å². The smallest absolute Gasteiger partial charge is 0.317 e. The molecule has 0 spiro atoms. The number of nitrogens with one attached hydrogen (secondary N) is 1. The molecule has 1 rings (SSSR count). The second-order valence-corrected chi connectivity index (χ2v) is 3.53. The van der Waals surface area contributed by atoms with Gasteiger partial charge in [-0.25, -0.2) is 0 Å². The SMILES string of the molecule is CC(NCC(=O)O)C(=O)N1CCCC1. The van der Waals surface area contributed by atoms with E-state index in [0.29, 0.717) is 0 Å². The Hall–Kier alpha value is -1.10. The normalized spacial score (nSPS) is 18.2. The predicted octanol–water partition coefficient (Wildman–Crippen LogP) is -0.328. The number of likely N-dealkylation sites (tertiary alicyclic amines) is 1. The van der Waals surface area contributed by atoms with E-state index in [-0.39, 0.29) is 12.5 Å². The summed E-state index contributed by atoms with van der Waals surface area (Å²) >= 11 is 0. The van der Waals surface area contributed by atoms with Crippen molar-refractivity contribution in [2.24, 2.45) is 0 Å². The monoisotopic (exact) mass is 200 g/mol. The van der Waals surface area contributed by atoms with Gasteiger partial charge in [-0.15, -0.1) is 0 Å². The number of amides is 1. The molecule has 2 N–H and O–H groups in total. The fourth-order valence-electron chi connectivity index (χ4n) is 1.54. The van der Waals surface area contributed by atoms with Gasteiger partial charge in [0.15, 0.2) is 0 Å². The van der Waals surface area contributed by atoms with Crippen LogP contribution in [0.2, 0.25) is 0 Å². The second-order valence-electron chi connectivity index (χ2n) is 3.53. The quantitative estimate of drug-likeness (QED) is 0.652. The number of rotatable bonds is 4. The Kier molecular flexibility index (Phi) is 3.88. The van der Waals surface area contributed by atoms with Crippen molar-refractivity contribution in [3.05, 3.63) is 0 Å². The molecule has 5 nitrogen and oxygen atoms in total. The van der Waals surface area contributed by atoms with Crippen molar-refractivity contribution < 1.29 is 14.7 Å². The topological polar surface area (TPSA) is 69.6 Å². The lowest BCUT2D eigenvalue weighted by molar-refractivity contribution is -0.136. The van der Waals surface area contributed by atoms with E-state index in [4.69, 9.17) is 5.11 Å². The third-order valence-corrected chi connectivity index (χ3v) is 2.35. The van der Waals surface area contributed by atoms with Gasteiger partial charge in [-0.2, -0.15) is 0 Å². The van der Waals surface area contributed by atoms with Crippen LogP contribution in [0, 0.1) is 0 Å². The van der Waals surface area contributed by atoms with Gasteiger partial charge in [0.05, 0.1) is 12.6 Å². The minimum Gasteiger partial charge on any atom is -0.480 e. The summed E-state index contributed by atoms with van der Waals surface area (Å²) in [5.74, 6) is -0.935. The van der Waals surface area contributed by atoms with Crippen molar-refractivity contribution >= 4 is 11.9 Å². The summed E-state index contributed by atoms with van der Waals surface area (Å²) in [7, 11) is 0. The van der Waals surface area contributed by atoms with Crippen molar-refractivity contribution in [3.8, 4) is 0 Å². The van der Waals surface area contributed by atoms with Gasteiger partial charge in [0.2, 0.25) is 5.91 Å². The maximum Gasteiger partial charge on any atom is 0.317 e. The Morgan fingerprint density at radius 2 is 2.00 bits per heavy atom. The number of aliphatic carboxylic acids is 1. The van der Waals surface area contributed by atoms with Crippen LogP contribution in [0.25, 0.3) is 0 Å². The molecule has 1 aliphatic rings. The molecule has 0 aliphatic carbocycles. The first-order valence-corrected chi connectivity index (χ1v) is 4.85. The highest BCUT2D eigenvalue weighted by Gasteiger charge is 2.22. The van der Waals surface area contributed by atoms with Gasteiger partial charge in [0.1, 0.15) is 0 Å². The lowest BCUT2D eigenvalue weighted by Gasteiger charge is -2.20. The van der Waals surface area contributed by atoms with Crippen molar-refractivity contribution in [2.75, 3.05) is 19.6 Å². The van der Waals surface area contributed by atoms with E-state index in [1.54, 1.807) is 11.8 Å². The summed E-state index contributed by atoms with van der Waals surface area (Å²) in [6.45, 7) is 3.14. The summed E-state index contributed by atoms with van der Waals surface area (Å²) < 4.78 is 0. The van der Waals surface area contributed by atoms with Crippen molar-refractivity contribution in [1.82, 2.24) is 10.2 Å². The first-order valence-electron chi connectivity index (χ1n) is 4.85. The fourth-order valence-corrected chi connectivity index (χ4v) is 1.54. The average Bonchev–Trinajstić information content (AvgIpc) is 2.65. The van der Waals surface area contributed by atoms with E-state index in [1.165, 1.54) is 0 Å². The summed E-state index contributed by atoms with van der Waals surface area (Å²) in [6.07, 6.45) is 2.11. The molecule has 5 heteroatoms. The summed E-state index contributed by atoms with van der Waals surface area (Å²) in [5.41, 5.74) is 0. The highest BCUT2D eigenvalue weighted by Crippen LogP contribution is 2.08. The van der Waals surface area contributed by atoms with Gasteiger partial charge in [-0.05, 0) is 19.8 Å². The molecule has 0 aromatic heterocycles. The van der Waals surface area contributed by atoms with Crippen LogP contribution in [0.4, 0.5) is 0 Å². The van der Waals surface area contributed by atoms with E-state index in [0.717, 1.165) is 25.9 Å². The number of hydrogen-bond acceptors (Lipinski definition) is 3.